The van der Waals surface area contributed by atoms with Gasteiger partial charge in [-0.25, -0.2) is 0 Å². The summed E-state index contributed by atoms with van der Waals surface area (Å²) in [5, 5.41) is 1.84. The maximum atomic E-state index is 6.41. The zero-order valence-electron chi connectivity index (χ0n) is 12.0. The van der Waals surface area contributed by atoms with Crippen molar-refractivity contribution in [1.82, 2.24) is 14.5 Å². The molecule has 2 N–H and O–H groups in total. The van der Waals surface area contributed by atoms with Crippen LogP contribution in [0.1, 0.15) is 5.56 Å². The number of aromatic nitrogens is 2. The lowest BCUT2D eigenvalue weighted by molar-refractivity contribution is 0.404. The number of nitrogens with zero attached hydrogens (tertiary/aromatic N) is 3. The lowest BCUT2D eigenvalue weighted by atomic mass is 10.2. The smallest absolute Gasteiger partial charge is 0.113 e. The first-order valence-electron chi connectivity index (χ1n) is 6.71. The standard InChI is InChI=1S/C16H17ClN4/c1-20(2)10-14-13-7-8-19-9-15(13)21(16(14)18)12-5-3-11(17)4-6-12/h3-9H,10,18H2,1-2H3. The Kier molecular flexibility index (Phi) is 3.57. The van der Waals surface area contributed by atoms with E-state index < -0.39 is 0 Å². The van der Waals surface area contributed by atoms with Gasteiger partial charge in [-0.15, -0.1) is 0 Å². The highest BCUT2D eigenvalue weighted by Gasteiger charge is 2.16. The molecule has 5 heteroatoms. The van der Waals surface area contributed by atoms with Crippen molar-refractivity contribution in [3.63, 3.8) is 0 Å². The monoisotopic (exact) mass is 300 g/mol. The molecule has 0 fully saturated rings. The van der Waals surface area contributed by atoms with Gasteiger partial charge in [0.25, 0.3) is 0 Å². The predicted molar refractivity (Wildman–Crippen MR) is 87.9 cm³/mol. The molecule has 3 aromatic rings. The molecule has 0 bridgehead atoms. The molecule has 0 amide bonds. The maximum Gasteiger partial charge on any atom is 0.113 e. The van der Waals surface area contributed by atoms with Crippen LogP contribution in [-0.2, 0) is 6.54 Å². The van der Waals surface area contributed by atoms with E-state index in [4.69, 9.17) is 17.3 Å². The summed E-state index contributed by atoms with van der Waals surface area (Å²) in [7, 11) is 4.07. The molecule has 0 saturated carbocycles. The van der Waals surface area contributed by atoms with Crippen molar-refractivity contribution in [2.45, 2.75) is 6.54 Å². The van der Waals surface area contributed by atoms with Crippen LogP contribution in [0.4, 0.5) is 5.82 Å². The van der Waals surface area contributed by atoms with Gasteiger partial charge in [-0.2, -0.15) is 0 Å². The third-order valence-electron chi connectivity index (χ3n) is 3.48. The lowest BCUT2D eigenvalue weighted by Crippen LogP contribution is -2.12. The third kappa shape index (κ3) is 2.48. The van der Waals surface area contributed by atoms with Gasteiger partial charge in [0.2, 0.25) is 0 Å². The van der Waals surface area contributed by atoms with Crippen LogP contribution in [0.3, 0.4) is 0 Å². The minimum absolute atomic E-state index is 0.709. The van der Waals surface area contributed by atoms with E-state index in [0.717, 1.165) is 34.5 Å². The van der Waals surface area contributed by atoms with E-state index in [0.29, 0.717) is 5.02 Å². The Morgan fingerprint density at radius 3 is 2.57 bits per heavy atom. The van der Waals surface area contributed by atoms with Crippen molar-refractivity contribution in [3.05, 3.63) is 53.3 Å². The Bertz CT molecular complexity index is 775. The molecule has 108 valence electrons. The fraction of sp³-hybridized carbons (Fsp3) is 0.188. The number of rotatable bonds is 3. The van der Waals surface area contributed by atoms with E-state index in [1.165, 1.54) is 0 Å². The van der Waals surface area contributed by atoms with Crippen molar-refractivity contribution in [1.29, 1.82) is 0 Å². The van der Waals surface area contributed by atoms with Crippen LogP contribution < -0.4 is 5.73 Å². The summed E-state index contributed by atoms with van der Waals surface area (Å²) in [6.07, 6.45) is 3.65. The number of hydrogen-bond donors (Lipinski definition) is 1. The molecule has 3 rings (SSSR count). The van der Waals surface area contributed by atoms with Crippen LogP contribution in [0.25, 0.3) is 16.6 Å². The Hall–Kier alpha value is -2.04. The van der Waals surface area contributed by atoms with Crippen LogP contribution in [-0.4, -0.2) is 28.5 Å². The van der Waals surface area contributed by atoms with E-state index in [-0.39, 0.29) is 0 Å². The molecule has 2 heterocycles. The summed E-state index contributed by atoms with van der Waals surface area (Å²) < 4.78 is 2.03. The Balaban J connectivity index is 2.27. The highest BCUT2D eigenvalue weighted by atomic mass is 35.5. The molecule has 1 aromatic carbocycles. The Labute approximate surface area is 128 Å². The SMILES string of the molecule is CN(C)Cc1c(N)n(-c2ccc(Cl)cc2)c2cnccc12. The van der Waals surface area contributed by atoms with Crippen molar-refractivity contribution < 1.29 is 0 Å². The molecule has 0 aliphatic carbocycles. The Morgan fingerprint density at radius 1 is 1.19 bits per heavy atom. The number of anilines is 1. The lowest BCUT2D eigenvalue weighted by Gasteiger charge is -2.11. The Morgan fingerprint density at radius 2 is 1.90 bits per heavy atom. The largest absolute Gasteiger partial charge is 0.385 e. The minimum Gasteiger partial charge on any atom is -0.385 e. The van der Waals surface area contributed by atoms with E-state index in [1.807, 2.05) is 55.2 Å². The van der Waals surface area contributed by atoms with Crippen molar-refractivity contribution in [3.8, 4) is 5.69 Å². The van der Waals surface area contributed by atoms with Gasteiger partial charge in [0, 0.05) is 34.4 Å². The van der Waals surface area contributed by atoms with Gasteiger partial charge in [-0.1, -0.05) is 11.6 Å². The van der Waals surface area contributed by atoms with Crippen LogP contribution in [0.15, 0.2) is 42.7 Å². The first kappa shape index (κ1) is 13.9. The van der Waals surface area contributed by atoms with Crippen molar-refractivity contribution in [2.24, 2.45) is 0 Å². The molecule has 2 aromatic heterocycles. The summed E-state index contributed by atoms with van der Waals surface area (Å²) in [4.78, 5) is 6.34. The van der Waals surface area contributed by atoms with E-state index in [2.05, 4.69) is 9.88 Å². The molecular weight excluding hydrogens is 284 g/mol. The summed E-state index contributed by atoms with van der Waals surface area (Å²) in [5.74, 6) is 0.744. The van der Waals surface area contributed by atoms with Gasteiger partial charge in [0.15, 0.2) is 0 Å². The van der Waals surface area contributed by atoms with E-state index >= 15 is 0 Å². The molecule has 21 heavy (non-hydrogen) atoms. The number of nitrogen functional groups attached to an aromatic ring is 1. The molecule has 0 aliphatic rings. The fourth-order valence-corrected chi connectivity index (χ4v) is 2.70. The summed E-state index contributed by atoms with van der Waals surface area (Å²) >= 11 is 5.97. The fourth-order valence-electron chi connectivity index (χ4n) is 2.57. The zero-order chi connectivity index (χ0) is 15.0. The predicted octanol–water partition coefficient (Wildman–Crippen LogP) is 3.32. The molecule has 0 aliphatic heterocycles. The molecule has 0 spiro atoms. The second-order valence-electron chi connectivity index (χ2n) is 5.31. The number of hydrogen-bond acceptors (Lipinski definition) is 3. The summed E-state index contributed by atoms with van der Waals surface area (Å²) in [5.41, 5.74) is 9.52. The van der Waals surface area contributed by atoms with Gasteiger partial charge in [0.1, 0.15) is 5.82 Å². The second kappa shape index (κ2) is 5.39. The zero-order valence-corrected chi connectivity index (χ0v) is 12.8. The van der Waals surface area contributed by atoms with Gasteiger partial charge in [-0.05, 0) is 44.4 Å². The maximum absolute atomic E-state index is 6.41. The number of pyridine rings is 1. The first-order chi connectivity index (χ1) is 10.1. The highest BCUT2D eigenvalue weighted by molar-refractivity contribution is 6.30. The van der Waals surface area contributed by atoms with Gasteiger partial charge in [-0.3, -0.25) is 9.55 Å². The molecule has 4 nitrogen and oxygen atoms in total. The molecular formula is C16H17ClN4. The number of nitrogens with two attached hydrogens (primary N) is 1. The number of fused-ring (bicyclic) bond motifs is 1. The van der Waals surface area contributed by atoms with Crippen LogP contribution >= 0.6 is 11.6 Å². The summed E-state index contributed by atoms with van der Waals surface area (Å²) in [6.45, 7) is 0.785. The summed E-state index contributed by atoms with van der Waals surface area (Å²) in [6, 6.07) is 9.67. The van der Waals surface area contributed by atoms with Gasteiger partial charge in [0.05, 0.1) is 11.7 Å². The quantitative estimate of drug-likeness (QED) is 0.807. The molecule has 0 radical (unpaired) electrons. The normalized spacial score (nSPS) is 11.4. The number of benzene rings is 1. The van der Waals surface area contributed by atoms with Crippen molar-refractivity contribution >= 4 is 28.3 Å². The topological polar surface area (TPSA) is 47.1 Å². The van der Waals surface area contributed by atoms with Crippen LogP contribution in [0.2, 0.25) is 5.02 Å². The third-order valence-corrected chi connectivity index (χ3v) is 3.73. The average Bonchev–Trinajstić information content (AvgIpc) is 2.73. The molecule has 0 unspecified atom stereocenters. The van der Waals surface area contributed by atoms with Gasteiger partial charge < -0.3 is 10.6 Å². The van der Waals surface area contributed by atoms with E-state index in [1.54, 1.807) is 6.20 Å². The number of halogens is 1. The van der Waals surface area contributed by atoms with Crippen molar-refractivity contribution in [2.75, 3.05) is 19.8 Å². The molecule has 0 atom stereocenters. The minimum atomic E-state index is 0.709. The first-order valence-corrected chi connectivity index (χ1v) is 7.09. The average molecular weight is 301 g/mol. The van der Waals surface area contributed by atoms with Crippen LogP contribution in [0.5, 0.6) is 0 Å². The molecule has 0 saturated heterocycles. The van der Waals surface area contributed by atoms with E-state index in [9.17, 15) is 0 Å². The second-order valence-corrected chi connectivity index (χ2v) is 5.74. The van der Waals surface area contributed by atoms with Crippen LogP contribution in [0, 0.1) is 0 Å². The van der Waals surface area contributed by atoms with Gasteiger partial charge >= 0.3 is 0 Å². The highest BCUT2D eigenvalue weighted by Crippen LogP contribution is 2.31.